The fourth-order valence-corrected chi connectivity index (χ4v) is 1.51. The molecule has 0 spiro atoms. The van der Waals surface area contributed by atoms with Gasteiger partial charge in [0.25, 0.3) is 0 Å². The average Bonchev–Trinajstić information content (AvgIpc) is 2.64. The van der Waals surface area contributed by atoms with Crippen LogP contribution in [0, 0.1) is 6.92 Å². The number of hydrogen-bond donors (Lipinski definition) is 2. The van der Waals surface area contributed by atoms with E-state index in [1.807, 2.05) is 25.1 Å². The predicted octanol–water partition coefficient (Wildman–Crippen LogP) is 1.37. The Morgan fingerprint density at radius 3 is 2.80 bits per heavy atom. The Morgan fingerprint density at radius 1 is 1.40 bits per heavy atom. The van der Waals surface area contributed by atoms with Crippen LogP contribution >= 0.6 is 0 Å². The molecule has 0 fully saturated rings. The van der Waals surface area contributed by atoms with Gasteiger partial charge in [-0.25, -0.2) is 0 Å². The lowest BCUT2D eigenvalue weighted by Gasteiger charge is -2.08. The number of aryl methyl sites for hydroxylation is 1. The number of nitrogens with one attached hydrogen (secondary N) is 1. The number of nitrogens with zero attached hydrogens (tertiary/aromatic N) is 2. The molecule has 0 saturated heterocycles. The van der Waals surface area contributed by atoms with E-state index in [-0.39, 0.29) is 5.95 Å². The van der Waals surface area contributed by atoms with Gasteiger partial charge in [0.1, 0.15) is 5.75 Å². The number of rotatable bonds is 2. The van der Waals surface area contributed by atoms with Gasteiger partial charge in [0, 0.05) is 0 Å². The van der Waals surface area contributed by atoms with Crippen LogP contribution in [-0.2, 0) is 0 Å². The molecule has 0 saturated carbocycles. The third-order valence-corrected chi connectivity index (χ3v) is 2.17. The summed E-state index contributed by atoms with van der Waals surface area (Å²) in [5.41, 5.74) is 7.36. The van der Waals surface area contributed by atoms with Crippen LogP contribution in [-0.4, -0.2) is 22.3 Å². The van der Waals surface area contributed by atoms with E-state index in [4.69, 9.17) is 10.5 Å². The van der Waals surface area contributed by atoms with E-state index in [2.05, 4.69) is 15.2 Å². The van der Waals surface area contributed by atoms with Gasteiger partial charge >= 0.3 is 0 Å². The molecule has 0 bridgehead atoms. The van der Waals surface area contributed by atoms with Gasteiger partial charge in [0.05, 0.1) is 12.7 Å². The number of nitrogens with two attached hydrogens (primary N) is 1. The highest BCUT2D eigenvalue weighted by molar-refractivity contribution is 5.66. The molecule has 1 aromatic heterocycles. The van der Waals surface area contributed by atoms with Crippen LogP contribution in [0.25, 0.3) is 11.4 Å². The normalized spacial score (nSPS) is 10.3. The average molecular weight is 204 g/mol. The van der Waals surface area contributed by atoms with E-state index >= 15 is 0 Å². The van der Waals surface area contributed by atoms with Gasteiger partial charge in [-0.1, -0.05) is 12.1 Å². The van der Waals surface area contributed by atoms with Gasteiger partial charge in [-0.05, 0) is 18.6 Å². The first kappa shape index (κ1) is 9.51. The maximum absolute atomic E-state index is 5.45. The van der Waals surface area contributed by atoms with Crippen LogP contribution < -0.4 is 10.5 Å². The highest BCUT2D eigenvalue weighted by atomic mass is 16.5. The Morgan fingerprint density at radius 2 is 2.20 bits per heavy atom. The summed E-state index contributed by atoms with van der Waals surface area (Å²) in [5.74, 6) is 1.63. The number of anilines is 1. The van der Waals surface area contributed by atoms with Crippen LogP contribution in [0.1, 0.15) is 5.56 Å². The first-order valence-electron chi connectivity index (χ1n) is 4.54. The number of ether oxygens (including phenoxy) is 1. The van der Waals surface area contributed by atoms with Gasteiger partial charge in [-0.2, -0.15) is 4.98 Å². The molecule has 0 amide bonds. The van der Waals surface area contributed by atoms with Crippen molar-refractivity contribution in [3.63, 3.8) is 0 Å². The van der Waals surface area contributed by atoms with Crippen LogP contribution in [0.4, 0.5) is 5.95 Å². The number of methoxy groups -OCH3 is 1. The topological polar surface area (TPSA) is 76.8 Å². The number of H-pyrrole nitrogens is 1. The Kier molecular flexibility index (Phi) is 2.29. The van der Waals surface area contributed by atoms with E-state index in [0.29, 0.717) is 5.82 Å². The molecule has 78 valence electrons. The molecule has 1 aromatic carbocycles. The number of aromatic nitrogens is 3. The number of para-hydroxylation sites is 1. The highest BCUT2D eigenvalue weighted by Crippen LogP contribution is 2.30. The van der Waals surface area contributed by atoms with Crippen molar-refractivity contribution < 1.29 is 4.74 Å². The molecule has 3 N–H and O–H groups in total. The van der Waals surface area contributed by atoms with Gasteiger partial charge in [-0.15, -0.1) is 5.10 Å². The highest BCUT2D eigenvalue weighted by Gasteiger charge is 2.11. The molecule has 0 unspecified atom stereocenters. The van der Waals surface area contributed by atoms with Gasteiger partial charge in [-0.3, -0.25) is 5.10 Å². The summed E-state index contributed by atoms with van der Waals surface area (Å²) < 4.78 is 5.31. The largest absolute Gasteiger partial charge is 0.496 e. The summed E-state index contributed by atoms with van der Waals surface area (Å²) in [5, 5.41) is 6.54. The van der Waals surface area contributed by atoms with Crippen molar-refractivity contribution in [2.45, 2.75) is 6.92 Å². The molecule has 0 aliphatic carbocycles. The molecule has 0 radical (unpaired) electrons. The van der Waals surface area contributed by atoms with Crippen LogP contribution in [0.5, 0.6) is 5.75 Å². The van der Waals surface area contributed by atoms with Crippen molar-refractivity contribution in [1.29, 1.82) is 0 Å². The van der Waals surface area contributed by atoms with E-state index in [1.165, 1.54) is 0 Å². The molecule has 0 aliphatic heterocycles. The van der Waals surface area contributed by atoms with Gasteiger partial charge in [0.2, 0.25) is 5.95 Å². The molecule has 5 heteroatoms. The number of aromatic amines is 1. The van der Waals surface area contributed by atoms with Crippen molar-refractivity contribution in [1.82, 2.24) is 15.2 Å². The van der Waals surface area contributed by atoms with Gasteiger partial charge < -0.3 is 10.5 Å². The third-order valence-electron chi connectivity index (χ3n) is 2.17. The summed E-state index contributed by atoms with van der Waals surface area (Å²) in [6.45, 7) is 1.97. The molecule has 1 heterocycles. The molecule has 2 aromatic rings. The lowest BCUT2D eigenvalue weighted by Crippen LogP contribution is -1.92. The fourth-order valence-electron chi connectivity index (χ4n) is 1.51. The summed E-state index contributed by atoms with van der Waals surface area (Å²) in [4.78, 5) is 4.06. The zero-order valence-electron chi connectivity index (χ0n) is 8.61. The molecule has 0 aliphatic rings. The first-order chi connectivity index (χ1) is 7.22. The maximum atomic E-state index is 5.45. The minimum atomic E-state index is 0.230. The molecule has 2 rings (SSSR count). The zero-order valence-corrected chi connectivity index (χ0v) is 8.61. The molecular formula is C10H12N4O. The second kappa shape index (κ2) is 3.61. The first-order valence-corrected chi connectivity index (χ1v) is 4.54. The number of nitrogen functional groups attached to an aromatic ring is 1. The van der Waals surface area contributed by atoms with Crippen LogP contribution in [0.15, 0.2) is 18.2 Å². The second-order valence-corrected chi connectivity index (χ2v) is 3.20. The minimum Gasteiger partial charge on any atom is -0.496 e. The van der Waals surface area contributed by atoms with Crippen molar-refractivity contribution in [2.24, 2.45) is 0 Å². The third kappa shape index (κ3) is 1.63. The summed E-state index contributed by atoms with van der Waals surface area (Å²) in [6, 6.07) is 5.82. The van der Waals surface area contributed by atoms with Crippen molar-refractivity contribution in [3.8, 4) is 17.1 Å². The van der Waals surface area contributed by atoms with E-state index < -0.39 is 0 Å². The van der Waals surface area contributed by atoms with Crippen LogP contribution in [0.2, 0.25) is 0 Å². The SMILES string of the molecule is COc1c(C)cccc1-c1nc(N)n[nH]1. The Balaban J connectivity index is 2.57. The lowest BCUT2D eigenvalue weighted by molar-refractivity contribution is 0.413. The standard InChI is InChI=1S/C10H12N4O/c1-6-4-3-5-7(8(6)15-2)9-12-10(11)14-13-9/h3-5H,1-2H3,(H3,11,12,13,14). The quantitative estimate of drug-likeness (QED) is 0.774. The Labute approximate surface area is 87.3 Å². The van der Waals surface area contributed by atoms with Crippen molar-refractivity contribution in [2.75, 3.05) is 12.8 Å². The molecular weight excluding hydrogens is 192 g/mol. The molecule has 0 atom stereocenters. The zero-order chi connectivity index (χ0) is 10.8. The van der Waals surface area contributed by atoms with Crippen molar-refractivity contribution in [3.05, 3.63) is 23.8 Å². The van der Waals surface area contributed by atoms with Gasteiger partial charge in [0.15, 0.2) is 5.82 Å². The van der Waals surface area contributed by atoms with E-state index in [0.717, 1.165) is 16.9 Å². The second-order valence-electron chi connectivity index (χ2n) is 3.20. The predicted molar refractivity (Wildman–Crippen MR) is 57.5 cm³/mol. The fraction of sp³-hybridized carbons (Fsp3) is 0.200. The van der Waals surface area contributed by atoms with Crippen LogP contribution in [0.3, 0.4) is 0 Å². The van der Waals surface area contributed by atoms with E-state index in [1.54, 1.807) is 7.11 Å². The Hall–Kier alpha value is -2.04. The summed E-state index contributed by atoms with van der Waals surface area (Å²) >= 11 is 0. The Bertz CT molecular complexity index is 478. The molecule has 5 nitrogen and oxygen atoms in total. The smallest absolute Gasteiger partial charge is 0.239 e. The lowest BCUT2D eigenvalue weighted by atomic mass is 10.1. The molecule has 15 heavy (non-hydrogen) atoms. The summed E-state index contributed by atoms with van der Waals surface area (Å²) in [7, 11) is 1.63. The number of benzene rings is 1. The minimum absolute atomic E-state index is 0.230. The summed E-state index contributed by atoms with van der Waals surface area (Å²) in [6.07, 6.45) is 0. The van der Waals surface area contributed by atoms with Crippen molar-refractivity contribution >= 4 is 5.95 Å². The number of hydrogen-bond acceptors (Lipinski definition) is 4. The van der Waals surface area contributed by atoms with E-state index in [9.17, 15) is 0 Å². The monoisotopic (exact) mass is 204 g/mol. The maximum Gasteiger partial charge on any atom is 0.239 e.